The number of carbonyl (C=O) groups is 1. The fourth-order valence-electron chi connectivity index (χ4n) is 0.463. The number of methoxy groups -OCH3 is 1. The first-order valence-corrected chi connectivity index (χ1v) is 2.88. The van der Waals surface area contributed by atoms with Crippen LogP contribution in [0.5, 0.6) is 0 Å². The second-order valence-corrected chi connectivity index (χ2v) is 2.92. The van der Waals surface area contributed by atoms with Crippen molar-refractivity contribution >= 4 is 5.97 Å². The molecule has 0 saturated carbocycles. The van der Waals surface area contributed by atoms with Crippen LogP contribution in [0.1, 0.15) is 20.3 Å². The molecule has 0 aromatic carbocycles. The summed E-state index contributed by atoms with van der Waals surface area (Å²) in [5.41, 5.74) is -0.201. The molecular formula is C7H13O2. The number of carbonyl (C=O) groups excluding carboxylic acids is 1. The smallest absolute Gasteiger partial charge is 0.306 e. The van der Waals surface area contributed by atoms with Crippen LogP contribution in [0.2, 0.25) is 0 Å². The van der Waals surface area contributed by atoms with Gasteiger partial charge in [-0.25, -0.2) is 0 Å². The van der Waals surface area contributed by atoms with Gasteiger partial charge in [0.05, 0.1) is 13.5 Å². The molecule has 0 amide bonds. The average molecular weight is 129 g/mol. The van der Waals surface area contributed by atoms with Gasteiger partial charge in [0.25, 0.3) is 0 Å². The van der Waals surface area contributed by atoms with Crippen molar-refractivity contribution in [1.82, 2.24) is 0 Å². The second kappa shape index (κ2) is 2.85. The topological polar surface area (TPSA) is 26.3 Å². The van der Waals surface area contributed by atoms with E-state index in [2.05, 4.69) is 11.7 Å². The van der Waals surface area contributed by atoms with Gasteiger partial charge in [0.1, 0.15) is 0 Å². The van der Waals surface area contributed by atoms with E-state index in [0.717, 1.165) is 0 Å². The molecule has 0 aromatic rings. The Labute approximate surface area is 56.2 Å². The summed E-state index contributed by atoms with van der Waals surface area (Å²) in [6.07, 6.45) is 0.378. The third kappa shape index (κ3) is 5.34. The lowest BCUT2D eigenvalue weighted by Gasteiger charge is -2.14. The van der Waals surface area contributed by atoms with E-state index in [-0.39, 0.29) is 11.4 Å². The quantitative estimate of drug-likeness (QED) is 0.527. The molecule has 53 valence electrons. The molecule has 0 aliphatic carbocycles. The predicted molar refractivity (Wildman–Crippen MR) is 35.8 cm³/mol. The monoisotopic (exact) mass is 129 g/mol. The van der Waals surface area contributed by atoms with E-state index in [4.69, 9.17) is 0 Å². The molecule has 0 aliphatic heterocycles. The molecule has 0 saturated heterocycles. The average Bonchev–Trinajstić information content (AvgIpc) is 1.62. The van der Waals surface area contributed by atoms with Crippen molar-refractivity contribution in [3.05, 3.63) is 6.92 Å². The minimum Gasteiger partial charge on any atom is -0.469 e. The van der Waals surface area contributed by atoms with Crippen LogP contribution in [0.25, 0.3) is 0 Å². The third-order valence-corrected chi connectivity index (χ3v) is 0.851. The first-order chi connectivity index (χ1) is 3.95. The molecule has 0 aliphatic rings. The minimum absolute atomic E-state index is 0.199. The molecule has 2 heteroatoms. The number of rotatable bonds is 2. The molecule has 0 bridgehead atoms. The van der Waals surface area contributed by atoms with Crippen molar-refractivity contribution in [3.63, 3.8) is 0 Å². The number of esters is 1. The van der Waals surface area contributed by atoms with E-state index in [9.17, 15) is 4.79 Å². The standard InChI is InChI=1S/C7H13O2/c1-7(2,3)5-6(8)9-4/h1,5H2,2-4H3. The molecule has 9 heavy (non-hydrogen) atoms. The van der Waals surface area contributed by atoms with Crippen LogP contribution in [0.4, 0.5) is 0 Å². The summed E-state index contributed by atoms with van der Waals surface area (Å²) < 4.78 is 4.45. The number of ether oxygens (including phenoxy) is 1. The first-order valence-electron chi connectivity index (χ1n) is 2.88. The number of hydrogen-bond acceptors (Lipinski definition) is 2. The SMILES string of the molecule is [CH2]C(C)(C)CC(=O)OC. The van der Waals surface area contributed by atoms with Gasteiger partial charge in [-0.05, 0) is 12.3 Å². The largest absolute Gasteiger partial charge is 0.469 e. The molecule has 0 N–H and O–H groups in total. The van der Waals surface area contributed by atoms with E-state index >= 15 is 0 Å². The van der Waals surface area contributed by atoms with Crippen LogP contribution in [-0.4, -0.2) is 13.1 Å². The van der Waals surface area contributed by atoms with Gasteiger partial charge in [-0.2, -0.15) is 0 Å². The highest BCUT2D eigenvalue weighted by Crippen LogP contribution is 2.17. The van der Waals surface area contributed by atoms with Gasteiger partial charge in [0.15, 0.2) is 0 Å². The Morgan fingerprint density at radius 3 is 2.22 bits per heavy atom. The summed E-state index contributed by atoms with van der Waals surface area (Å²) in [6.45, 7) is 7.54. The molecule has 0 aromatic heterocycles. The van der Waals surface area contributed by atoms with Crippen molar-refractivity contribution in [2.45, 2.75) is 20.3 Å². The summed E-state index contributed by atoms with van der Waals surface area (Å²) in [7, 11) is 1.38. The molecule has 2 nitrogen and oxygen atoms in total. The maximum atomic E-state index is 10.6. The zero-order valence-electron chi connectivity index (χ0n) is 6.23. The van der Waals surface area contributed by atoms with Crippen molar-refractivity contribution in [2.75, 3.05) is 7.11 Å². The van der Waals surface area contributed by atoms with Gasteiger partial charge in [0, 0.05) is 0 Å². The summed E-state index contributed by atoms with van der Waals surface area (Å²) in [4.78, 5) is 10.6. The molecule has 0 spiro atoms. The summed E-state index contributed by atoms with van der Waals surface area (Å²) >= 11 is 0. The highest BCUT2D eigenvalue weighted by atomic mass is 16.5. The maximum Gasteiger partial charge on any atom is 0.306 e. The highest BCUT2D eigenvalue weighted by Gasteiger charge is 2.15. The van der Waals surface area contributed by atoms with E-state index in [1.807, 2.05) is 13.8 Å². The van der Waals surface area contributed by atoms with Gasteiger partial charge in [-0.15, -0.1) is 0 Å². The summed E-state index contributed by atoms with van der Waals surface area (Å²) in [5.74, 6) is -0.199. The molecule has 0 atom stereocenters. The van der Waals surface area contributed by atoms with E-state index in [0.29, 0.717) is 6.42 Å². The molecule has 0 rings (SSSR count). The van der Waals surface area contributed by atoms with Crippen LogP contribution in [0.15, 0.2) is 0 Å². The molecule has 0 fully saturated rings. The zero-order valence-corrected chi connectivity index (χ0v) is 6.23. The highest BCUT2D eigenvalue weighted by molar-refractivity contribution is 5.70. The van der Waals surface area contributed by atoms with E-state index in [1.165, 1.54) is 7.11 Å². The lowest BCUT2D eigenvalue weighted by atomic mass is 9.93. The van der Waals surface area contributed by atoms with Crippen molar-refractivity contribution in [1.29, 1.82) is 0 Å². The van der Waals surface area contributed by atoms with Crippen LogP contribution in [0, 0.1) is 12.3 Å². The molecule has 1 radical (unpaired) electrons. The van der Waals surface area contributed by atoms with Gasteiger partial charge in [-0.1, -0.05) is 13.8 Å². The molecular weight excluding hydrogens is 116 g/mol. The van der Waals surface area contributed by atoms with Crippen LogP contribution in [0.3, 0.4) is 0 Å². The Balaban J connectivity index is 3.60. The van der Waals surface area contributed by atoms with Gasteiger partial charge >= 0.3 is 5.97 Å². The van der Waals surface area contributed by atoms with Crippen molar-refractivity contribution in [3.8, 4) is 0 Å². The van der Waals surface area contributed by atoms with Crippen molar-refractivity contribution in [2.24, 2.45) is 5.41 Å². The third-order valence-electron chi connectivity index (χ3n) is 0.851. The van der Waals surface area contributed by atoms with Gasteiger partial charge in [-0.3, -0.25) is 4.79 Å². The normalized spacial score (nSPS) is 11.1. The lowest BCUT2D eigenvalue weighted by molar-refractivity contribution is -0.142. The van der Waals surface area contributed by atoms with Crippen LogP contribution < -0.4 is 0 Å². The van der Waals surface area contributed by atoms with Crippen LogP contribution >= 0.6 is 0 Å². The minimum atomic E-state index is -0.201. The summed E-state index contributed by atoms with van der Waals surface area (Å²) in [5, 5.41) is 0. The number of hydrogen-bond donors (Lipinski definition) is 0. The lowest BCUT2D eigenvalue weighted by Crippen LogP contribution is -2.13. The van der Waals surface area contributed by atoms with Crippen molar-refractivity contribution < 1.29 is 9.53 Å². The van der Waals surface area contributed by atoms with E-state index < -0.39 is 0 Å². The van der Waals surface area contributed by atoms with Crippen LogP contribution in [-0.2, 0) is 9.53 Å². The first kappa shape index (κ1) is 8.47. The Hall–Kier alpha value is -0.530. The molecule has 0 unspecified atom stereocenters. The Morgan fingerprint density at radius 1 is 1.67 bits per heavy atom. The zero-order chi connectivity index (χ0) is 7.49. The van der Waals surface area contributed by atoms with Gasteiger partial charge in [0.2, 0.25) is 0 Å². The van der Waals surface area contributed by atoms with Gasteiger partial charge < -0.3 is 4.74 Å². The maximum absolute atomic E-state index is 10.6. The fourth-order valence-corrected chi connectivity index (χ4v) is 0.463. The Bertz CT molecular complexity index is 100.0. The molecule has 0 heterocycles. The summed E-state index contributed by atoms with van der Waals surface area (Å²) in [6, 6.07) is 0. The Morgan fingerprint density at radius 2 is 2.11 bits per heavy atom. The van der Waals surface area contributed by atoms with E-state index in [1.54, 1.807) is 0 Å². The fraction of sp³-hybridized carbons (Fsp3) is 0.714. The second-order valence-electron chi connectivity index (χ2n) is 2.92. The predicted octanol–water partition coefficient (Wildman–Crippen LogP) is 1.41. The Kier molecular flexibility index (Phi) is 2.68.